The summed E-state index contributed by atoms with van der Waals surface area (Å²) < 4.78 is 0. The first-order valence-electron chi connectivity index (χ1n) is 5.64. The summed E-state index contributed by atoms with van der Waals surface area (Å²) in [6.07, 6.45) is 0.476. The molecule has 1 atom stereocenters. The van der Waals surface area contributed by atoms with Crippen LogP contribution in [0.15, 0.2) is 41.8 Å². The monoisotopic (exact) mass is 261 g/mol. The summed E-state index contributed by atoms with van der Waals surface area (Å²) >= 11 is 1.57. The van der Waals surface area contributed by atoms with Gasteiger partial charge in [-0.05, 0) is 36.1 Å². The first-order chi connectivity index (χ1) is 8.52. The van der Waals surface area contributed by atoms with E-state index in [0.717, 1.165) is 10.4 Å². The highest BCUT2D eigenvalue weighted by atomic mass is 32.1. The van der Waals surface area contributed by atoms with Gasteiger partial charge in [0, 0.05) is 17.0 Å². The first-order valence-corrected chi connectivity index (χ1v) is 6.52. The van der Waals surface area contributed by atoms with Gasteiger partial charge in [-0.25, -0.2) is 0 Å². The largest absolute Gasteiger partial charge is 0.481 e. The van der Waals surface area contributed by atoms with Crippen molar-refractivity contribution in [1.82, 2.24) is 0 Å². The van der Waals surface area contributed by atoms with Crippen molar-refractivity contribution in [1.29, 1.82) is 0 Å². The van der Waals surface area contributed by atoms with E-state index in [1.165, 1.54) is 0 Å². The second-order valence-corrected chi connectivity index (χ2v) is 5.55. The zero-order chi connectivity index (χ0) is 13.2. The van der Waals surface area contributed by atoms with Crippen LogP contribution in [0.4, 0.5) is 5.69 Å². The predicted octanol–water partition coefficient (Wildman–Crippen LogP) is 2.92. The quantitative estimate of drug-likeness (QED) is 0.832. The smallest absolute Gasteiger partial charge is 0.314 e. The first kappa shape index (κ1) is 12.6. The van der Waals surface area contributed by atoms with E-state index in [1.807, 2.05) is 23.6 Å². The number of carbonyl (C=O) groups is 1. The van der Waals surface area contributed by atoms with Gasteiger partial charge in [0.2, 0.25) is 0 Å². The highest BCUT2D eigenvalue weighted by Crippen LogP contribution is 2.31. The molecular formula is C14H15NO2S. The van der Waals surface area contributed by atoms with Crippen molar-refractivity contribution in [2.24, 2.45) is 0 Å². The van der Waals surface area contributed by atoms with E-state index in [9.17, 15) is 9.90 Å². The lowest BCUT2D eigenvalue weighted by Crippen LogP contribution is -2.34. The molecule has 18 heavy (non-hydrogen) atoms. The summed E-state index contributed by atoms with van der Waals surface area (Å²) in [5.74, 6) is -0.832. The molecular weight excluding hydrogens is 246 g/mol. The molecule has 1 unspecified atom stereocenters. The van der Waals surface area contributed by atoms with E-state index in [2.05, 4.69) is 0 Å². The van der Waals surface area contributed by atoms with Crippen molar-refractivity contribution in [3.8, 4) is 0 Å². The molecule has 3 nitrogen and oxygen atoms in total. The normalized spacial score (nSPS) is 14.1. The van der Waals surface area contributed by atoms with Crippen LogP contribution in [0.1, 0.15) is 17.4 Å². The van der Waals surface area contributed by atoms with E-state index < -0.39 is 11.4 Å². The Hall–Kier alpha value is -1.81. The molecule has 0 spiro atoms. The molecule has 0 aliphatic carbocycles. The second-order valence-electron chi connectivity index (χ2n) is 4.52. The number of hydrogen-bond acceptors (Lipinski definition) is 3. The summed E-state index contributed by atoms with van der Waals surface area (Å²) in [5.41, 5.74) is 6.12. The van der Waals surface area contributed by atoms with E-state index in [-0.39, 0.29) is 0 Å². The molecule has 3 N–H and O–H groups in total. The summed E-state index contributed by atoms with van der Waals surface area (Å²) in [6.45, 7) is 1.74. The van der Waals surface area contributed by atoms with Gasteiger partial charge in [-0.15, -0.1) is 11.3 Å². The maximum absolute atomic E-state index is 11.6. The van der Waals surface area contributed by atoms with Crippen LogP contribution in [-0.4, -0.2) is 11.1 Å². The van der Waals surface area contributed by atoms with Crippen LogP contribution in [0, 0.1) is 0 Å². The van der Waals surface area contributed by atoms with Gasteiger partial charge in [0.15, 0.2) is 0 Å². The third kappa shape index (κ3) is 2.38. The number of benzene rings is 1. The standard InChI is InChI=1S/C14H15NO2S/c1-14(13(16)17,9-12-6-3-7-18-12)10-4-2-5-11(15)8-10/h2-8H,9,15H2,1H3,(H,16,17). The Balaban J connectivity index is 2.41. The van der Waals surface area contributed by atoms with Gasteiger partial charge in [0.25, 0.3) is 0 Å². The van der Waals surface area contributed by atoms with Crippen molar-refractivity contribution < 1.29 is 9.90 Å². The molecule has 0 amide bonds. The predicted molar refractivity (Wildman–Crippen MR) is 73.9 cm³/mol. The molecule has 1 aromatic heterocycles. The minimum atomic E-state index is -0.944. The van der Waals surface area contributed by atoms with Crippen LogP contribution in [0.2, 0.25) is 0 Å². The van der Waals surface area contributed by atoms with Gasteiger partial charge >= 0.3 is 5.97 Å². The maximum atomic E-state index is 11.6. The SMILES string of the molecule is CC(Cc1cccs1)(C(=O)O)c1cccc(N)c1. The van der Waals surface area contributed by atoms with Gasteiger partial charge in [0.1, 0.15) is 0 Å². The fraction of sp³-hybridized carbons (Fsp3) is 0.214. The topological polar surface area (TPSA) is 63.3 Å². The van der Waals surface area contributed by atoms with Crippen molar-refractivity contribution in [2.75, 3.05) is 5.73 Å². The third-order valence-electron chi connectivity index (χ3n) is 3.10. The van der Waals surface area contributed by atoms with Crippen LogP contribution in [0.25, 0.3) is 0 Å². The molecule has 0 saturated heterocycles. The Morgan fingerprint density at radius 3 is 2.72 bits per heavy atom. The van der Waals surface area contributed by atoms with Crippen LogP contribution in [0.5, 0.6) is 0 Å². The molecule has 0 fully saturated rings. The van der Waals surface area contributed by atoms with E-state index >= 15 is 0 Å². The van der Waals surface area contributed by atoms with Crippen molar-refractivity contribution in [3.63, 3.8) is 0 Å². The van der Waals surface area contributed by atoms with Crippen LogP contribution in [0.3, 0.4) is 0 Å². The molecule has 2 aromatic rings. The molecule has 0 saturated carbocycles. The Morgan fingerprint density at radius 1 is 1.39 bits per heavy atom. The molecule has 4 heteroatoms. The van der Waals surface area contributed by atoms with Crippen LogP contribution >= 0.6 is 11.3 Å². The summed E-state index contributed by atoms with van der Waals surface area (Å²) in [6, 6.07) is 11.0. The van der Waals surface area contributed by atoms with Crippen molar-refractivity contribution >= 4 is 23.0 Å². The Labute approximate surface area is 110 Å². The fourth-order valence-electron chi connectivity index (χ4n) is 1.94. The molecule has 0 radical (unpaired) electrons. The molecule has 0 aliphatic heterocycles. The average Bonchev–Trinajstić information content (AvgIpc) is 2.81. The highest BCUT2D eigenvalue weighted by Gasteiger charge is 2.35. The summed E-state index contributed by atoms with van der Waals surface area (Å²) in [7, 11) is 0. The van der Waals surface area contributed by atoms with Crippen molar-refractivity contribution in [3.05, 3.63) is 52.2 Å². The van der Waals surface area contributed by atoms with Gasteiger partial charge in [-0.2, -0.15) is 0 Å². The third-order valence-corrected chi connectivity index (χ3v) is 3.98. The van der Waals surface area contributed by atoms with Crippen LogP contribution < -0.4 is 5.73 Å². The molecule has 2 rings (SSSR count). The lowest BCUT2D eigenvalue weighted by molar-refractivity contribution is -0.143. The minimum absolute atomic E-state index is 0.476. The zero-order valence-electron chi connectivity index (χ0n) is 10.1. The zero-order valence-corrected chi connectivity index (χ0v) is 10.9. The Bertz CT molecular complexity index is 551. The van der Waals surface area contributed by atoms with Gasteiger partial charge in [-0.3, -0.25) is 4.79 Å². The fourth-order valence-corrected chi connectivity index (χ4v) is 2.81. The summed E-state index contributed by atoms with van der Waals surface area (Å²) in [4.78, 5) is 12.7. The summed E-state index contributed by atoms with van der Waals surface area (Å²) in [5, 5.41) is 11.5. The number of carboxylic acid groups (broad SMARTS) is 1. The number of anilines is 1. The van der Waals surface area contributed by atoms with E-state index in [4.69, 9.17) is 5.73 Å². The number of nitrogen functional groups attached to an aromatic ring is 1. The maximum Gasteiger partial charge on any atom is 0.314 e. The van der Waals surface area contributed by atoms with Crippen molar-refractivity contribution in [2.45, 2.75) is 18.8 Å². The Kier molecular flexibility index (Phi) is 3.39. The van der Waals surface area contributed by atoms with Gasteiger partial charge < -0.3 is 10.8 Å². The molecule has 0 aliphatic rings. The highest BCUT2D eigenvalue weighted by molar-refractivity contribution is 7.09. The minimum Gasteiger partial charge on any atom is -0.481 e. The lowest BCUT2D eigenvalue weighted by atomic mass is 9.79. The Morgan fingerprint density at radius 2 is 2.17 bits per heavy atom. The molecule has 0 bridgehead atoms. The number of rotatable bonds is 4. The lowest BCUT2D eigenvalue weighted by Gasteiger charge is -2.25. The number of hydrogen-bond donors (Lipinski definition) is 2. The van der Waals surface area contributed by atoms with Crippen LogP contribution in [-0.2, 0) is 16.6 Å². The molecule has 94 valence electrons. The molecule has 1 heterocycles. The number of nitrogens with two attached hydrogens (primary N) is 1. The molecule has 1 aromatic carbocycles. The van der Waals surface area contributed by atoms with Gasteiger partial charge in [-0.1, -0.05) is 18.2 Å². The number of carboxylic acids is 1. The second kappa shape index (κ2) is 4.82. The average molecular weight is 261 g/mol. The number of thiophene rings is 1. The van der Waals surface area contributed by atoms with E-state index in [1.54, 1.807) is 36.5 Å². The number of aliphatic carboxylic acids is 1. The van der Waals surface area contributed by atoms with E-state index in [0.29, 0.717) is 12.1 Å². The van der Waals surface area contributed by atoms with Gasteiger partial charge in [0.05, 0.1) is 5.41 Å².